The zero-order valence-corrected chi connectivity index (χ0v) is 10.3. The van der Waals surface area contributed by atoms with E-state index in [0.717, 1.165) is 12.8 Å². The van der Waals surface area contributed by atoms with Gasteiger partial charge >= 0.3 is 12.1 Å². The average molecular weight is 255 g/mol. The minimum Gasteiger partial charge on any atom is -0.453 e. The molecular weight excluding hydrogens is 238 g/mol. The zero-order chi connectivity index (χ0) is 13.4. The second kappa shape index (κ2) is 7.50. The molecule has 1 atom stereocenters. The molecule has 1 rings (SSSR count). The Hall–Kier alpha value is -1.81. The summed E-state index contributed by atoms with van der Waals surface area (Å²) < 4.78 is 9.78. The van der Waals surface area contributed by atoms with Gasteiger partial charge in [-0.2, -0.15) is 5.26 Å². The third-order valence-electron chi connectivity index (χ3n) is 2.62. The molecule has 7 heteroatoms. The van der Waals surface area contributed by atoms with Crippen molar-refractivity contribution in [1.29, 1.82) is 5.26 Å². The number of amides is 3. The fraction of sp³-hybridized carbons (Fsp3) is 0.727. The first-order valence-corrected chi connectivity index (χ1v) is 5.79. The standard InChI is InChI=1S/C11H17N3O4/c1-17-11(16)13-10(15)14(6-3-5-12)8-9-4-2-7-18-9/h9H,2-4,6-8H2,1H3,(H,13,15,16). The summed E-state index contributed by atoms with van der Waals surface area (Å²) in [4.78, 5) is 24.1. The highest BCUT2D eigenvalue weighted by molar-refractivity contribution is 5.90. The van der Waals surface area contributed by atoms with E-state index in [-0.39, 0.29) is 19.1 Å². The molecule has 0 bridgehead atoms. The van der Waals surface area contributed by atoms with Crippen LogP contribution in [0.4, 0.5) is 9.59 Å². The Morgan fingerprint density at radius 2 is 2.39 bits per heavy atom. The molecule has 0 aliphatic carbocycles. The quantitative estimate of drug-likeness (QED) is 0.804. The Morgan fingerprint density at radius 3 is 2.94 bits per heavy atom. The van der Waals surface area contributed by atoms with Gasteiger partial charge in [-0.05, 0) is 12.8 Å². The molecule has 0 aromatic rings. The van der Waals surface area contributed by atoms with Gasteiger partial charge < -0.3 is 14.4 Å². The molecule has 0 aromatic carbocycles. The maximum Gasteiger partial charge on any atom is 0.415 e. The molecule has 100 valence electrons. The van der Waals surface area contributed by atoms with Crippen molar-refractivity contribution < 1.29 is 19.1 Å². The second-order valence-electron chi connectivity index (χ2n) is 3.91. The molecule has 1 saturated heterocycles. The number of hydrogen-bond acceptors (Lipinski definition) is 5. The van der Waals surface area contributed by atoms with E-state index in [0.29, 0.717) is 13.2 Å². The summed E-state index contributed by atoms with van der Waals surface area (Å²) in [6.07, 6.45) is 1.23. The van der Waals surface area contributed by atoms with E-state index in [2.05, 4.69) is 10.1 Å². The van der Waals surface area contributed by atoms with Crippen LogP contribution < -0.4 is 5.32 Å². The van der Waals surface area contributed by atoms with Crippen LogP contribution in [0, 0.1) is 11.3 Å². The molecule has 0 radical (unpaired) electrons. The molecule has 1 aliphatic rings. The van der Waals surface area contributed by atoms with Crippen molar-refractivity contribution in [3.63, 3.8) is 0 Å². The maximum atomic E-state index is 11.8. The van der Waals surface area contributed by atoms with Crippen molar-refractivity contribution in [2.45, 2.75) is 25.4 Å². The average Bonchev–Trinajstić information content (AvgIpc) is 2.86. The van der Waals surface area contributed by atoms with Gasteiger partial charge in [0, 0.05) is 19.7 Å². The molecule has 0 saturated carbocycles. The molecule has 1 aliphatic heterocycles. The Balaban J connectivity index is 2.50. The van der Waals surface area contributed by atoms with Crippen LogP contribution in [0.3, 0.4) is 0 Å². The minimum atomic E-state index is -0.811. The van der Waals surface area contributed by atoms with Crippen LogP contribution >= 0.6 is 0 Å². The lowest BCUT2D eigenvalue weighted by Crippen LogP contribution is -2.46. The topological polar surface area (TPSA) is 91.7 Å². The number of rotatable bonds is 4. The highest BCUT2D eigenvalue weighted by Crippen LogP contribution is 2.13. The van der Waals surface area contributed by atoms with E-state index in [1.165, 1.54) is 12.0 Å². The first-order chi connectivity index (χ1) is 8.67. The van der Waals surface area contributed by atoms with Crippen LogP contribution in [-0.2, 0) is 9.47 Å². The van der Waals surface area contributed by atoms with E-state index in [4.69, 9.17) is 10.00 Å². The summed E-state index contributed by atoms with van der Waals surface area (Å²) in [5.74, 6) is 0. The molecule has 1 fully saturated rings. The first kappa shape index (κ1) is 14.3. The Kier molecular flexibility index (Phi) is 5.94. The third-order valence-corrected chi connectivity index (χ3v) is 2.62. The summed E-state index contributed by atoms with van der Waals surface area (Å²) >= 11 is 0. The van der Waals surface area contributed by atoms with Crippen LogP contribution in [0.15, 0.2) is 0 Å². The summed E-state index contributed by atoms with van der Waals surface area (Å²) in [6.45, 7) is 1.33. The predicted molar refractivity (Wildman–Crippen MR) is 61.7 cm³/mol. The summed E-state index contributed by atoms with van der Waals surface area (Å²) in [5, 5.41) is 10.6. The fourth-order valence-corrected chi connectivity index (χ4v) is 1.71. The number of nitriles is 1. The van der Waals surface area contributed by atoms with Gasteiger partial charge in [-0.25, -0.2) is 14.9 Å². The number of nitrogens with one attached hydrogen (secondary N) is 1. The van der Waals surface area contributed by atoms with Crippen molar-refractivity contribution in [1.82, 2.24) is 10.2 Å². The predicted octanol–water partition coefficient (Wildman–Crippen LogP) is 0.857. The SMILES string of the molecule is COC(=O)NC(=O)N(CCC#N)CC1CCCO1. The molecule has 1 unspecified atom stereocenters. The number of alkyl carbamates (subject to hydrolysis) is 1. The summed E-state index contributed by atoms with van der Waals surface area (Å²) in [6, 6.07) is 1.40. The van der Waals surface area contributed by atoms with E-state index < -0.39 is 12.1 Å². The van der Waals surface area contributed by atoms with Gasteiger partial charge in [-0.15, -0.1) is 0 Å². The van der Waals surface area contributed by atoms with E-state index >= 15 is 0 Å². The van der Waals surface area contributed by atoms with E-state index in [9.17, 15) is 9.59 Å². The van der Waals surface area contributed by atoms with E-state index in [1.807, 2.05) is 6.07 Å². The van der Waals surface area contributed by atoms with Crippen molar-refractivity contribution >= 4 is 12.1 Å². The fourth-order valence-electron chi connectivity index (χ4n) is 1.71. The number of carbonyl (C=O) groups excluding carboxylic acids is 2. The number of methoxy groups -OCH3 is 1. The molecule has 1 heterocycles. The Labute approximate surface area is 106 Å². The van der Waals surface area contributed by atoms with Crippen LogP contribution in [0.2, 0.25) is 0 Å². The molecule has 3 amide bonds. The van der Waals surface area contributed by atoms with Gasteiger partial charge in [0.25, 0.3) is 0 Å². The van der Waals surface area contributed by atoms with Gasteiger partial charge in [0.15, 0.2) is 0 Å². The Bertz CT molecular complexity index is 334. The molecule has 1 N–H and O–H groups in total. The van der Waals surface area contributed by atoms with Crippen LogP contribution in [0.1, 0.15) is 19.3 Å². The molecular formula is C11H17N3O4. The van der Waals surface area contributed by atoms with Gasteiger partial charge in [-0.1, -0.05) is 0 Å². The summed E-state index contributed by atoms with van der Waals surface area (Å²) in [7, 11) is 1.18. The number of carbonyl (C=O) groups is 2. The van der Waals surface area contributed by atoms with Crippen LogP contribution in [0.5, 0.6) is 0 Å². The van der Waals surface area contributed by atoms with Gasteiger partial charge in [0.1, 0.15) is 0 Å². The largest absolute Gasteiger partial charge is 0.453 e. The number of hydrogen-bond donors (Lipinski definition) is 1. The molecule has 0 aromatic heterocycles. The monoisotopic (exact) mass is 255 g/mol. The van der Waals surface area contributed by atoms with Crippen molar-refractivity contribution in [2.24, 2.45) is 0 Å². The highest BCUT2D eigenvalue weighted by atomic mass is 16.5. The molecule has 18 heavy (non-hydrogen) atoms. The van der Waals surface area contributed by atoms with E-state index in [1.54, 1.807) is 0 Å². The number of urea groups is 1. The first-order valence-electron chi connectivity index (χ1n) is 5.79. The lowest BCUT2D eigenvalue weighted by atomic mass is 10.2. The highest BCUT2D eigenvalue weighted by Gasteiger charge is 2.23. The van der Waals surface area contributed by atoms with Crippen molar-refractivity contribution in [2.75, 3.05) is 26.8 Å². The third kappa shape index (κ3) is 4.59. The second-order valence-corrected chi connectivity index (χ2v) is 3.91. The minimum absolute atomic E-state index is 0.0212. The van der Waals surface area contributed by atoms with Crippen LogP contribution in [0.25, 0.3) is 0 Å². The normalized spacial score (nSPS) is 17.9. The van der Waals surface area contributed by atoms with Gasteiger partial charge in [0.05, 0.1) is 25.7 Å². The zero-order valence-electron chi connectivity index (χ0n) is 10.3. The van der Waals surface area contributed by atoms with Crippen molar-refractivity contribution in [3.05, 3.63) is 0 Å². The lowest BCUT2D eigenvalue weighted by Gasteiger charge is -2.24. The van der Waals surface area contributed by atoms with Gasteiger partial charge in [-0.3, -0.25) is 0 Å². The lowest BCUT2D eigenvalue weighted by molar-refractivity contribution is 0.0813. The number of ether oxygens (including phenoxy) is 2. The molecule has 0 spiro atoms. The Morgan fingerprint density at radius 1 is 1.61 bits per heavy atom. The molecule has 7 nitrogen and oxygen atoms in total. The van der Waals surface area contributed by atoms with Gasteiger partial charge in [0.2, 0.25) is 0 Å². The van der Waals surface area contributed by atoms with Crippen LogP contribution in [-0.4, -0.2) is 49.9 Å². The number of imide groups is 1. The smallest absolute Gasteiger partial charge is 0.415 e. The number of nitrogens with zero attached hydrogens (tertiary/aromatic N) is 2. The summed E-state index contributed by atoms with van der Waals surface area (Å²) in [5.41, 5.74) is 0. The maximum absolute atomic E-state index is 11.8. The van der Waals surface area contributed by atoms with Crippen molar-refractivity contribution in [3.8, 4) is 6.07 Å².